The molecule has 0 amide bonds. The number of aliphatic hydroxyl groups is 1. The molecule has 1 aliphatic rings. The minimum atomic E-state index is -0.217. The first-order valence-corrected chi connectivity index (χ1v) is 7.90. The smallest absolute Gasteiger partial charge is 0.0726 e. The quantitative estimate of drug-likeness (QED) is 0.915. The van der Waals surface area contributed by atoms with E-state index >= 15 is 0 Å². The summed E-state index contributed by atoms with van der Waals surface area (Å²) in [5, 5.41) is 11.3. The maximum absolute atomic E-state index is 10.1. The number of rotatable bonds is 2. The Hall–Kier alpha value is -1.61. The lowest BCUT2D eigenvalue weighted by Crippen LogP contribution is -2.39. The first-order valence-electron chi connectivity index (χ1n) is 7.90. The van der Waals surface area contributed by atoms with Crippen molar-refractivity contribution >= 4 is 16.6 Å². The van der Waals surface area contributed by atoms with Crippen LogP contribution in [0.15, 0.2) is 24.3 Å². The average Bonchev–Trinajstić information content (AvgIpc) is 2.45. The van der Waals surface area contributed by atoms with Crippen molar-refractivity contribution in [3.05, 3.63) is 35.5 Å². The van der Waals surface area contributed by atoms with Crippen LogP contribution in [0.4, 0.5) is 5.69 Å². The van der Waals surface area contributed by atoms with Crippen molar-refractivity contribution in [3.8, 4) is 0 Å². The van der Waals surface area contributed by atoms with E-state index in [1.165, 1.54) is 16.6 Å². The van der Waals surface area contributed by atoms with Crippen LogP contribution in [-0.4, -0.2) is 29.3 Å². The van der Waals surface area contributed by atoms with E-state index in [0.29, 0.717) is 5.92 Å². The number of hydrogen-bond acceptors (Lipinski definition) is 3. The molecule has 1 atom stereocenters. The Labute approximate surface area is 126 Å². The lowest BCUT2D eigenvalue weighted by molar-refractivity contribution is 0.154. The van der Waals surface area contributed by atoms with Crippen LogP contribution in [-0.2, 0) is 0 Å². The zero-order chi connectivity index (χ0) is 15.0. The van der Waals surface area contributed by atoms with E-state index in [1.807, 2.05) is 6.07 Å². The number of aromatic nitrogens is 1. The number of piperidine rings is 1. The molecule has 1 aromatic heterocycles. The summed E-state index contributed by atoms with van der Waals surface area (Å²) in [6, 6.07) is 8.35. The highest BCUT2D eigenvalue weighted by molar-refractivity contribution is 5.94. The minimum Gasteiger partial charge on any atom is -0.391 e. The third-order valence-corrected chi connectivity index (χ3v) is 4.38. The topological polar surface area (TPSA) is 36.4 Å². The Morgan fingerprint density at radius 1 is 1.29 bits per heavy atom. The van der Waals surface area contributed by atoms with Crippen LogP contribution in [0.5, 0.6) is 0 Å². The van der Waals surface area contributed by atoms with Crippen molar-refractivity contribution in [2.45, 2.75) is 45.6 Å². The summed E-state index contributed by atoms with van der Waals surface area (Å²) in [5.74, 6) is 0.427. The van der Waals surface area contributed by atoms with Gasteiger partial charge in [0, 0.05) is 24.2 Å². The van der Waals surface area contributed by atoms with E-state index in [0.717, 1.165) is 37.1 Å². The molecule has 2 aromatic rings. The van der Waals surface area contributed by atoms with Gasteiger partial charge >= 0.3 is 0 Å². The van der Waals surface area contributed by atoms with Gasteiger partial charge in [-0.15, -0.1) is 0 Å². The molecular weight excluding hydrogens is 260 g/mol. The van der Waals surface area contributed by atoms with Gasteiger partial charge in [-0.3, -0.25) is 4.98 Å². The first-order chi connectivity index (χ1) is 10.1. The molecule has 112 valence electrons. The lowest BCUT2D eigenvalue weighted by atomic mass is 9.94. The molecule has 3 rings (SSSR count). The molecule has 1 saturated heterocycles. The van der Waals surface area contributed by atoms with Gasteiger partial charge in [0.25, 0.3) is 0 Å². The fourth-order valence-electron chi connectivity index (χ4n) is 3.52. The molecule has 3 heteroatoms. The summed E-state index contributed by atoms with van der Waals surface area (Å²) in [6.45, 7) is 8.30. The zero-order valence-corrected chi connectivity index (χ0v) is 13.1. The zero-order valence-electron chi connectivity index (χ0n) is 13.1. The summed E-state index contributed by atoms with van der Waals surface area (Å²) in [6.07, 6.45) is 1.75. The standard InChI is InChI=1S/C18H24N2O/c1-12(2)17-13(3)19-16-9-5-4-8-15(16)18(17)20-10-6-7-14(21)11-20/h4-5,8-9,12,14,21H,6-7,10-11H2,1-3H3/t14-/m0/s1. The molecule has 2 heterocycles. The fourth-order valence-corrected chi connectivity index (χ4v) is 3.52. The highest BCUT2D eigenvalue weighted by Crippen LogP contribution is 2.37. The van der Waals surface area contributed by atoms with E-state index in [2.05, 4.69) is 43.9 Å². The number of benzene rings is 1. The number of β-amino-alcohol motifs (C(OH)–C–C–N with tert-alkyl or cyclic N) is 1. The minimum absolute atomic E-state index is 0.217. The Morgan fingerprint density at radius 3 is 2.76 bits per heavy atom. The summed E-state index contributed by atoms with van der Waals surface area (Å²) in [4.78, 5) is 7.14. The monoisotopic (exact) mass is 284 g/mol. The van der Waals surface area contributed by atoms with Crippen LogP contribution in [0.2, 0.25) is 0 Å². The third-order valence-electron chi connectivity index (χ3n) is 4.38. The normalized spacial score (nSPS) is 19.5. The van der Waals surface area contributed by atoms with E-state index in [9.17, 15) is 5.11 Å². The average molecular weight is 284 g/mol. The van der Waals surface area contributed by atoms with Crippen molar-refractivity contribution in [1.29, 1.82) is 0 Å². The number of aryl methyl sites for hydroxylation is 1. The SMILES string of the molecule is Cc1nc2ccccc2c(N2CCC[C@H](O)C2)c1C(C)C. The van der Waals surface area contributed by atoms with E-state index in [1.54, 1.807) is 0 Å². The molecule has 1 aliphatic heterocycles. The number of para-hydroxylation sites is 1. The summed E-state index contributed by atoms with van der Waals surface area (Å²) < 4.78 is 0. The lowest BCUT2D eigenvalue weighted by Gasteiger charge is -2.35. The number of hydrogen-bond donors (Lipinski definition) is 1. The van der Waals surface area contributed by atoms with Crippen molar-refractivity contribution in [1.82, 2.24) is 4.98 Å². The van der Waals surface area contributed by atoms with Gasteiger partial charge in [0.2, 0.25) is 0 Å². The van der Waals surface area contributed by atoms with Gasteiger partial charge < -0.3 is 10.0 Å². The maximum atomic E-state index is 10.1. The van der Waals surface area contributed by atoms with Crippen LogP contribution in [0.25, 0.3) is 10.9 Å². The van der Waals surface area contributed by atoms with E-state index < -0.39 is 0 Å². The molecule has 1 aromatic carbocycles. The van der Waals surface area contributed by atoms with E-state index in [-0.39, 0.29) is 6.10 Å². The second-order valence-corrected chi connectivity index (χ2v) is 6.37. The number of anilines is 1. The number of nitrogens with zero attached hydrogens (tertiary/aromatic N) is 2. The molecule has 0 saturated carbocycles. The molecule has 21 heavy (non-hydrogen) atoms. The van der Waals surface area contributed by atoms with Crippen molar-refractivity contribution in [3.63, 3.8) is 0 Å². The van der Waals surface area contributed by atoms with Crippen LogP contribution in [0.3, 0.4) is 0 Å². The third kappa shape index (κ3) is 2.62. The molecule has 0 bridgehead atoms. The first kappa shape index (κ1) is 14.3. The summed E-state index contributed by atoms with van der Waals surface area (Å²) in [7, 11) is 0. The predicted molar refractivity (Wildman–Crippen MR) is 88.0 cm³/mol. The number of aliphatic hydroxyl groups excluding tert-OH is 1. The largest absolute Gasteiger partial charge is 0.391 e. The van der Waals surface area contributed by atoms with Gasteiger partial charge in [-0.1, -0.05) is 32.0 Å². The van der Waals surface area contributed by atoms with Crippen LogP contribution in [0.1, 0.15) is 43.9 Å². The van der Waals surface area contributed by atoms with Gasteiger partial charge in [-0.2, -0.15) is 0 Å². The molecular formula is C18H24N2O. The molecule has 0 radical (unpaired) electrons. The summed E-state index contributed by atoms with van der Waals surface area (Å²) in [5.41, 5.74) is 4.77. The molecule has 1 N–H and O–H groups in total. The Balaban J connectivity index is 2.23. The number of fused-ring (bicyclic) bond motifs is 1. The van der Waals surface area contributed by atoms with Crippen LogP contribution in [0, 0.1) is 6.92 Å². The molecule has 1 fully saturated rings. The summed E-state index contributed by atoms with van der Waals surface area (Å²) >= 11 is 0. The van der Waals surface area contributed by atoms with Crippen LogP contribution >= 0.6 is 0 Å². The predicted octanol–water partition coefficient (Wildman–Crippen LogP) is 3.63. The van der Waals surface area contributed by atoms with Gasteiger partial charge in [0.15, 0.2) is 0 Å². The molecule has 3 nitrogen and oxygen atoms in total. The highest BCUT2D eigenvalue weighted by atomic mass is 16.3. The molecule has 0 aliphatic carbocycles. The second kappa shape index (κ2) is 5.64. The van der Waals surface area contributed by atoms with Crippen molar-refractivity contribution in [2.24, 2.45) is 0 Å². The van der Waals surface area contributed by atoms with Gasteiger partial charge in [0.05, 0.1) is 17.3 Å². The Morgan fingerprint density at radius 2 is 2.05 bits per heavy atom. The van der Waals surface area contributed by atoms with Gasteiger partial charge in [-0.05, 0) is 37.3 Å². The second-order valence-electron chi connectivity index (χ2n) is 6.37. The molecule has 0 unspecified atom stereocenters. The highest BCUT2D eigenvalue weighted by Gasteiger charge is 2.24. The Kier molecular flexibility index (Phi) is 3.85. The number of pyridine rings is 1. The van der Waals surface area contributed by atoms with Crippen molar-refractivity contribution in [2.75, 3.05) is 18.0 Å². The van der Waals surface area contributed by atoms with Gasteiger partial charge in [0.1, 0.15) is 0 Å². The van der Waals surface area contributed by atoms with Crippen LogP contribution < -0.4 is 4.90 Å². The maximum Gasteiger partial charge on any atom is 0.0726 e. The van der Waals surface area contributed by atoms with Gasteiger partial charge in [-0.25, -0.2) is 0 Å². The van der Waals surface area contributed by atoms with Crippen molar-refractivity contribution < 1.29 is 5.11 Å². The van der Waals surface area contributed by atoms with E-state index in [4.69, 9.17) is 4.98 Å². The molecule has 0 spiro atoms. The fraction of sp³-hybridized carbons (Fsp3) is 0.500. The Bertz CT molecular complexity index is 651.